The highest BCUT2D eigenvalue weighted by molar-refractivity contribution is 5.42. The Bertz CT molecular complexity index is 616. The summed E-state index contributed by atoms with van der Waals surface area (Å²) in [6, 6.07) is 7.12. The van der Waals surface area contributed by atoms with Crippen LogP contribution in [0.3, 0.4) is 0 Å². The summed E-state index contributed by atoms with van der Waals surface area (Å²) in [7, 11) is 3.02. The van der Waals surface area contributed by atoms with Gasteiger partial charge in [0.25, 0.3) is 0 Å². The Kier molecular flexibility index (Phi) is 4.29. The minimum Gasteiger partial charge on any atom is -0.496 e. The molecule has 1 unspecified atom stereocenters. The van der Waals surface area contributed by atoms with Crippen molar-refractivity contribution in [3.05, 3.63) is 65.0 Å². The molecular formula is C15H14F3NO. The fourth-order valence-corrected chi connectivity index (χ4v) is 2.15. The maximum atomic E-state index is 13.9. The van der Waals surface area contributed by atoms with Gasteiger partial charge in [-0.3, -0.25) is 0 Å². The summed E-state index contributed by atoms with van der Waals surface area (Å²) in [6.07, 6.45) is 0. The summed E-state index contributed by atoms with van der Waals surface area (Å²) in [6.45, 7) is 0. The van der Waals surface area contributed by atoms with Crippen LogP contribution in [0.2, 0.25) is 0 Å². The van der Waals surface area contributed by atoms with E-state index in [1.807, 2.05) is 0 Å². The maximum Gasteiger partial charge on any atom is 0.163 e. The van der Waals surface area contributed by atoms with Crippen LogP contribution in [0.4, 0.5) is 13.2 Å². The number of methoxy groups -OCH3 is 1. The minimum atomic E-state index is -0.960. The van der Waals surface area contributed by atoms with Gasteiger partial charge in [0.1, 0.15) is 11.6 Å². The van der Waals surface area contributed by atoms with Crippen LogP contribution in [-0.4, -0.2) is 14.2 Å². The van der Waals surface area contributed by atoms with Crippen molar-refractivity contribution in [2.45, 2.75) is 6.04 Å². The average Bonchev–Trinajstić information content (AvgIpc) is 2.44. The van der Waals surface area contributed by atoms with E-state index in [1.54, 1.807) is 7.05 Å². The second-order valence-corrected chi connectivity index (χ2v) is 4.25. The molecule has 0 radical (unpaired) electrons. The Morgan fingerprint density at radius 1 is 1.05 bits per heavy atom. The van der Waals surface area contributed by atoms with Crippen LogP contribution in [0.15, 0.2) is 36.4 Å². The largest absolute Gasteiger partial charge is 0.496 e. The first-order valence-electron chi connectivity index (χ1n) is 6.03. The zero-order chi connectivity index (χ0) is 14.7. The molecule has 2 nitrogen and oxygen atoms in total. The molecule has 0 amide bonds. The van der Waals surface area contributed by atoms with Crippen LogP contribution >= 0.6 is 0 Å². The van der Waals surface area contributed by atoms with Gasteiger partial charge in [-0.2, -0.15) is 0 Å². The monoisotopic (exact) mass is 281 g/mol. The number of halogens is 3. The number of rotatable bonds is 4. The van der Waals surface area contributed by atoms with Gasteiger partial charge in [0.15, 0.2) is 11.6 Å². The summed E-state index contributed by atoms with van der Waals surface area (Å²) < 4.78 is 45.8. The van der Waals surface area contributed by atoms with E-state index < -0.39 is 23.5 Å². The zero-order valence-electron chi connectivity index (χ0n) is 11.1. The summed E-state index contributed by atoms with van der Waals surface area (Å²) >= 11 is 0. The first kappa shape index (κ1) is 14.4. The van der Waals surface area contributed by atoms with Gasteiger partial charge in [-0.15, -0.1) is 0 Å². The van der Waals surface area contributed by atoms with Crippen molar-refractivity contribution in [2.24, 2.45) is 0 Å². The number of hydrogen-bond donors (Lipinski definition) is 1. The van der Waals surface area contributed by atoms with Gasteiger partial charge < -0.3 is 10.1 Å². The van der Waals surface area contributed by atoms with Gasteiger partial charge in [-0.25, -0.2) is 13.2 Å². The third-order valence-electron chi connectivity index (χ3n) is 3.08. The lowest BCUT2D eigenvalue weighted by molar-refractivity contribution is 0.402. The molecule has 0 bridgehead atoms. The predicted octanol–water partition coefficient (Wildman–Crippen LogP) is 3.42. The third-order valence-corrected chi connectivity index (χ3v) is 3.08. The lowest BCUT2D eigenvalue weighted by atomic mass is 9.97. The topological polar surface area (TPSA) is 21.3 Å². The third kappa shape index (κ3) is 2.63. The van der Waals surface area contributed by atoms with E-state index in [1.165, 1.54) is 37.4 Å². The van der Waals surface area contributed by atoms with E-state index in [-0.39, 0.29) is 5.56 Å². The van der Waals surface area contributed by atoms with Crippen molar-refractivity contribution in [1.29, 1.82) is 0 Å². The smallest absolute Gasteiger partial charge is 0.163 e. The van der Waals surface area contributed by atoms with E-state index in [9.17, 15) is 13.2 Å². The van der Waals surface area contributed by atoms with Crippen LogP contribution < -0.4 is 10.1 Å². The highest BCUT2D eigenvalue weighted by Gasteiger charge is 2.22. The Labute approximate surface area is 115 Å². The number of ether oxygens (including phenoxy) is 1. The fraction of sp³-hybridized carbons (Fsp3) is 0.200. The molecule has 20 heavy (non-hydrogen) atoms. The van der Waals surface area contributed by atoms with E-state index in [0.29, 0.717) is 11.3 Å². The van der Waals surface area contributed by atoms with Crippen molar-refractivity contribution in [3.8, 4) is 5.75 Å². The minimum absolute atomic E-state index is 0.0939. The molecule has 106 valence electrons. The molecule has 0 spiro atoms. The van der Waals surface area contributed by atoms with Crippen molar-refractivity contribution in [1.82, 2.24) is 5.32 Å². The first-order valence-corrected chi connectivity index (χ1v) is 6.03. The van der Waals surface area contributed by atoms with Crippen LogP contribution in [0.25, 0.3) is 0 Å². The Balaban J connectivity index is 2.58. The number of benzene rings is 2. The standard InChI is InChI=1S/C15H14F3NO/c1-19-15(10-4-3-5-12(17)14(10)18)11-8-9(16)6-7-13(11)20-2/h3-8,15,19H,1-2H3. The second-order valence-electron chi connectivity index (χ2n) is 4.25. The summed E-state index contributed by atoms with van der Waals surface area (Å²) in [5, 5.41) is 2.85. The summed E-state index contributed by atoms with van der Waals surface area (Å²) in [5.74, 6) is -1.98. The quantitative estimate of drug-likeness (QED) is 0.927. The Hall–Kier alpha value is -2.01. The average molecular weight is 281 g/mol. The van der Waals surface area contributed by atoms with Gasteiger partial charge in [0, 0.05) is 11.1 Å². The highest BCUT2D eigenvalue weighted by atomic mass is 19.2. The second kappa shape index (κ2) is 5.96. The number of hydrogen-bond acceptors (Lipinski definition) is 2. The molecule has 2 rings (SSSR count). The molecule has 0 saturated heterocycles. The summed E-state index contributed by atoms with van der Waals surface area (Å²) in [4.78, 5) is 0. The van der Waals surface area contributed by atoms with Crippen LogP contribution in [-0.2, 0) is 0 Å². The Morgan fingerprint density at radius 2 is 1.80 bits per heavy atom. The van der Waals surface area contributed by atoms with Crippen molar-refractivity contribution >= 4 is 0 Å². The lowest BCUT2D eigenvalue weighted by Gasteiger charge is -2.20. The molecule has 0 aliphatic carbocycles. The molecule has 0 saturated carbocycles. The van der Waals surface area contributed by atoms with Gasteiger partial charge in [0.2, 0.25) is 0 Å². The molecule has 0 fully saturated rings. The lowest BCUT2D eigenvalue weighted by Crippen LogP contribution is -2.20. The van der Waals surface area contributed by atoms with Crippen molar-refractivity contribution in [3.63, 3.8) is 0 Å². The fourth-order valence-electron chi connectivity index (χ4n) is 2.15. The van der Waals surface area contributed by atoms with Crippen molar-refractivity contribution < 1.29 is 17.9 Å². The number of nitrogens with one attached hydrogen (secondary N) is 1. The molecule has 0 heterocycles. The van der Waals surface area contributed by atoms with E-state index in [2.05, 4.69) is 5.32 Å². The van der Waals surface area contributed by atoms with Gasteiger partial charge in [0.05, 0.1) is 13.2 Å². The highest BCUT2D eigenvalue weighted by Crippen LogP contribution is 2.32. The first-order chi connectivity index (χ1) is 9.58. The van der Waals surface area contributed by atoms with E-state index in [0.717, 1.165) is 6.07 Å². The zero-order valence-corrected chi connectivity index (χ0v) is 11.1. The van der Waals surface area contributed by atoms with E-state index >= 15 is 0 Å². The van der Waals surface area contributed by atoms with Crippen LogP contribution in [0.1, 0.15) is 17.2 Å². The van der Waals surface area contributed by atoms with Crippen molar-refractivity contribution in [2.75, 3.05) is 14.2 Å². The SMILES string of the molecule is CNC(c1cc(F)ccc1OC)c1cccc(F)c1F. The molecule has 0 aromatic heterocycles. The molecule has 0 aliphatic rings. The van der Waals surface area contributed by atoms with E-state index in [4.69, 9.17) is 4.74 Å². The molecular weight excluding hydrogens is 267 g/mol. The van der Waals surface area contributed by atoms with Gasteiger partial charge >= 0.3 is 0 Å². The molecule has 2 aromatic carbocycles. The molecule has 1 N–H and O–H groups in total. The summed E-state index contributed by atoms with van der Waals surface area (Å²) in [5.41, 5.74) is 0.496. The maximum absolute atomic E-state index is 13.9. The molecule has 2 aromatic rings. The molecule has 0 aliphatic heterocycles. The van der Waals surface area contributed by atoms with Gasteiger partial charge in [-0.1, -0.05) is 12.1 Å². The van der Waals surface area contributed by atoms with Crippen LogP contribution in [0.5, 0.6) is 5.75 Å². The molecule has 1 atom stereocenters. The Morgan fingerprint density at radius 3 is 2.45 bits per heavy atom. The predicted molar refractivity (Wildman–Crippen MR) is 70.2 cm³/mol. The molecule has 5 heteroatoms. The van der Waals surface area contributed by atoms with Crippen LogP contribution in [0, 0.1) is 17.5 Å². The normalized spacial score (nSPS) is 12.2. The van der Waals surface area contributed by atoms with Gasteiger partial charge in [-0.05, 0) is 31.3 Å².